The second-order valence-electron chi connectivity index (χ2n) is 8.22. The molecule has 0 aliphatic heterocycles. The summed E-state index contributed by atoms with van der Waals surface area (Å²) in [5, 5.41) is 0. The Hall–Kier alpha value is -1.89. The topological polar surface area (TPSA) is 0 Å². The van der Waals surface area contributed by atoms with Crippen LogP contribution in [0.25, 0.3) is 6.08 Å². The van der Waals surface area contributed by atoms with Crippen molar-refractivity contribution in [3.8, 4) is 0 Å². The van der Waals surface area contributed by atoms with Crippen molar-refractivity contribution >= 4 is 6.08 Å². The van der Waals surface area contributed by atoms with E-state index in [1.807, 2.05) is 12.1 Å². The van der Waals surface area contributed by atoms with Gasteiger partial charge in [-0.15, -0.1) is 0 Å². The van der Waals surface area contributed by atoms with Crippen molar-refractivity contribution in [3.05, 3.63) is 76.6 Å². The highest BCUT2D eigenvalue weighted by Crippen LogP contribution is 2.37. The van der Waals surface area contributed by atoms with Crippen LogP contribution in [0.15, 0.2) is 54.4 Å². The van der Waals surface area contributed by atoms with E-state index in [9.17, 15) is 4.39 Å². The van der Waals surface area contributed by atoms with Crippen LogP contribution in [0.3, 0.4) is 0 Å². The van der Waals surface area contributed by atoms with Crippen molar-refractivity contribution in [2.24, 2.45) is 5.92 Å². The zero-order chi connectivity index (χ0) is 19.1. The molecule has 0 amide bonds. The lowest BCUT2D eigenvalue weighted by Crippen LogP contribution is -2.13. The van der Waals surface area contributed by atoms with Gasteiger partial charge in [-0.3, -0.25) is 0 Å². The van der Waals surface area contributed by atoms with E-state index in [0.29, 0.717) is 0 Å². The van der Waals surface area contributed by atoms with Crippen molar-refractivity contribution in [2.75, 3.05) is 0 Å². The van der Waals surface area contributed by atoms with Crippen LogP contribution in [0.4, 0.5) is 4.39 Å². The lowest BCUT2D eigenvalue weighted by molar-refractivity contribution is 0.308. The zero-order valence-corrected chi connectivity index (χ0v) is 16.9. The predicted molar refractivity (Wildman–Crippen MR) is 115 cm³/mol. The minimum absolute atomic E-state index is 0.151. The molecule has 1 heteroatoms. The van der Waals surface area contributed by atoms with Crippen molar-refractivity contribution in [2.45, 2.75) is 71.1 Å². The molecule has 3 rings (SSSR count). The number of benzene rings is 2. The molecule has 0 heterocycles. The van der Waals surface area contributed by atoms with Gasteiger partial charge < -0.3 is 0 Å². The lowest BCUT2D eigenvalue weighted by atomic mass is 9.77. The summed E-state index contributed by atoms with van der Waals surface area (Å²) < 4.78 is 12.9. The summed E-state index contributed by atoms with van der Waals surface area (Å²) >= 11 is 0. The Morgan fingerprint density at radius 2 is 1.44 bits per heavy atom. The Morgan fingerprint density at radius 1 is 0.889 bits per heavy atom. The summed E-state index contributed by atoms with van der Waals surface area (Å²) in [6.07, 6.45) is 11.9. The average molecular weight is 365 g/mol. The van der Waals surface area contributed by atoms with Gasteiger partial charge >= 0.3 is 0 Å². The molecular weight excluding hydrogens is 331 g/mol. The molecule has 0 N–H and O–H groups in total. The highest BCUT2D eigenvalue weighted by Gasteiger charge is 2.21. The van der Waals surface area contributed by atoms with Crippen LogP contribution >= 0.6 is 0 Å². The van der Waals surface area contributed by atoms with Gasteiger partial charge in [-0.05, 0) is 85.6 Å². The summed E-state index contributed by atoms with van der Waals surface area (Å²) in [5.41, 5.74) is 5.17. The third-order valence-corrected chi connectivity index (χ3v) is 6.04. The molecule has 0 radical (unpaired) electrons. The summed E-state index contributed by atoms with van der Waals surface area (Å²) in [4.78, 5) is 0. The van der Waals surface area contributed by atoms with E-state index in [4.69, 9.17) is 0 Å². The van der Waals surface area contributed by atoms with Crippen molar-refractivity contribution in [3.63, 3.8) is 0 Å². The molecular formula is C26H33F. The Balaban J connectivity index is 1.50. The largest absolute Gasteiger partial charge is 0.212 e. The molecule has 0 spiro atoms. The standard InChI is InChI=1S/C26H33F/c1-3-4-21-11-15-25(16-12-21)26-17-13-23(14-18-26)6-5-22-7-9-24(10-8-22)19-20(2)27/h7-10,13-14,17-19,21,25H,3-6,11-12,15-16H2,1-2H3/b20-19+. The van der Waals surface area contributed by atoms with Gasteiger partial charge in [-0.1, -0.05) is 68.3 Å². The molecule has 0 bridgehead atoms. The van der Waals surface area contributed by atoms with E-state index in [2.05, 4.69) is 43.3 Å². The molecule has 144 valence electrons. The van der Waals surface area contributed by atoms with E-state index in [-0.39, 0.29) is 5.83 Å². The molecule has 1 aliphatic rings. The average Bonchev–Trinajstić information content (AvgIpc) is 2.68. The molecule has 1 fully saturated rings. The fourth-order valence-corrected chi connectivity index (χ4v) is 4.45. The molecule has 1 saturated carbocycles. The number of rotatable bonds is 7. The van der Waals surface area contributed by atoms with Gasteiger partial charge in [-0.2, -0.15) is 0 Å². The first-order chi connectivity index (χ1) is 13.1. The van der Waals surface area contributed by atoms with Gasteiger partial charge in [0, 0.05) is 0 Å². The van der Waals surface area contributed by atoms with Gasteiger partial charge in [-0.25, -0.2) is 4.39 Å². The lowest BCUT2D eigenvalue weighted by Gasteiger charge is -2.28. The van der Waals surface area contributed by atoms with E-state index in [0.717, 1.165) is 30.2 Å². The molecule has 1 aliphatic carbocycles. The molecule has 0 nitrogen and oxygen atoms in total. The van der Waals surface area contributed by atoms with Crippen LogP contribution in [0.2, 0.25) is 0 Å². The maximum atomic E-state index is 12.9. The number of aryl methyl sites for hydroxylation is 2. The molecule has 0 saturated heterocycles. The molecule has 0 atom stereocenters. The van der Waals surface area contributed by atoms with Crippen molar-refractivity contribution < 1.29 is 4.39 Å². The second-order valence-corrected chi connectivity index (χ2v) is 8.22. The van der Waals surface area contributed by atoms with Crippen LogP contribution in [0.5, 0.6) is 0 Å². The Labute approximate surface area is 164 Å². The summed E-state index contributed by atoms with van der Waals surface area (Å²) in [5.74, 6) is 1.59. The van der Waals surface area contributed by atoms with Gasteiger partial charge in [0.15, 0.2) is 0 Å². The maximum absolute atomic E-state index is 12.9. The quantitative estimate of drug-likeness (QED) is 0.469. The molecule has 2 aromatic rings. The molecule has 2 aromatic carbocycles. The fraction of sp³-hybridized carbons (Fsp3) is 0.462. The number of hydrogen-bond acceptors (Lipinski definition) is 0. The van der Waals surface area contributed by atoms with E-state index in [1.165, 1.54) is 62.1 Å². The third-order valence-electron chi connectivity index (χ3n) is 6.04. The van der Waals surface area contributed by atoms with Crippen LogP contribution in [0.1, 0.15) is 80.5 Å². The Morgan fingerprint density at radius 3 is 1.96 bits per heavy atom. The van der Waals surface area contributed by atoms with Crippen LogP contribution in [-0.2, 0) is 12.8 Å². The van der Waals surface area contributed by atoms with Gasteiger partial charge in [0.25, 0.3) is 0 Å². The second kappa shape index (κ2) is 9.88. The van der Waals surface area contributed by atoms with Crippen LogP contribution in [-0.4, -0.2) is 0 Å². The number of allylic oxidation sites excluding steroid dienone is 1. The third kappa shape index (κ3) is 6.06. The molecule has 27 heavy (non-hydrogen) atoms. The van der Waals surface area contributed by atoms with E-state index >= 15 is 0 Å². The van der Waals surface area contributed by atoms with Crippen molar-refractivity contribution in [1.82, 2.24) is 0 Å². The number of halogens is 1. The first-order valence-electron chi connectivity index (χ1n) is 10.7. The fourth-order valence-electron chi connectivity index (χ4n) is 4.45. The first-order valence-corrected chi connectivity index (χ1v) is 10.7. The maximum Gasteiger partial charge on any atom is 0.0974 e. The Bertz CT molecular complexity index is 712. The Kier molecular flexibility index (Phi) is 7.26. The minimum Gasteiger partial charge on any atom is -0.212 e. The molecule has 0 aromatic heterocycles. The van der Waals surface area contributed by atoms with Gasteiger partial charge in [0.05, 0.1) is 5.83 Å². The number of hydrogen-bond donors (Lipinski definition) is 0. The van der Waals surface area contributed by atoms with Gasteiger partial charge in [0.1, 0.15) is 0 Å². The SMILES string of the molecule is CCCC1CCC(c2ccc(CCc3ccc(/C=C(\C)F)cc3)cc2)CC1. The smallest absolute Gasteiger partial charge is 0.0974 e. The normalized spacial score (nSPS) is 20.6. The van der Waals surface area contributed by atoms with Crippen LogP contribution in [0, 0.1) is 5.92 Å². The highest BCUT2D eigenvalue weighted by molar-refractivity contribution is 5.51. The van der Waals surface area contributed by atoms with E-state index in [1.54, 1.807) is 6.08 Å². The zero-order valence-electron chi connectivity index (χ0n) is 16.9. The first kappa shape index (κ1) is 19.9. The minimum atomic E-state index is -0.151. The van der Waals surface area contributed by atoms with Crippen molar-refractivity contribution in [1.29, 1.82) is 0 Å². The summed E-state index contributed by atoms with van der Waals surface area (Å²) in [6, 6.07) is 17.6. The highest BCUT2D eigenvalue weighted by atomic mass is 19.1. The molecule has 0 unspecified atom stereocenters. The summed E-state index contributed by atoms with van der Waals surface area (Å²) in [6.45, 7) is 3.79. The summed E-state index contributed by atoms with van der Waals surface area (Å²) in [7, 11) is 0. The predicted octanol–water partition coefficient (Wildman–Crippen LogP) is 7.88. The van der Waals surface area contributed by atoms with E-state index < -0.39 is 0 Å². The van der Waals surface area contributed by atoms with Crippen LogP contribution < -0.4 is 0 Å². The van der Waals surface area contributed by atoms with Gasteiger partial charge in [0.2, 0.25) is 0 Å². The monoisotopic (exact) mass is 364 g/mol.